The molecule has 0 bridgehead atoms. The number of likely N-dealkylation sites (tertiary alicyclic amines) is 1. The summed E-state index contributed by atoms with van der Waals surface area (Å²) in [6.07, 6.45) is 5.15. The molecule has 96 valence electrons. The highest BCUT2D eigenvalue weighted by atomic mass is 16.5. The summed E-state index contributed by atoms with van der Waals surface area (Å²) in [7, 11) is 0. The maximum Gasteiger partial charge on any atom is 0.228 e. The van der Waals surface area contributed by atoms with Crippen LogP contribution in [0.3, 0.4) is 0 Å². The van der Waals surface area contributed by atoms with Crippen LogP contribution >= 0.6 is 0 Å². The van der Waals surface area contributed by atoms with E-state index in [0.29, 0.717) is 12.6 Å². The van der Waals surface area contributed by atoms with E-state index in [1.54, 1.807) is 0 Å². The number of hydrogen-bond acceptors (Lipinski definition) is 3. The number of ether oxygens (including phenoxy) is 1. The molecule has 0 aromatic heterocycles. The SMILES string of the molecule is O=C(C1CCOC1)N1CCC2(CO)CCCC12. The number of fused-ring (bicyclic) bond motifs is 1. The minimum Gasteiger partial charge on any atom is -0.396 e. The molecular weight excluding hydrogens is 218 g/mol. The Morgan fingerprint density at radius 2 is 2.29 bits per heavy atom. The Kier molecular flexibility index (Phi) is 2.87. The van der Waals surface area contributed by atoms with Gasteiger partial charge in [0.15, 0.2) is 0 Å². The van der Waals surface area contributed by atoms with Gasteiger partial charge in [0.2, 0.25) is 5.91 Å². The molecule has 3 fully saturated rings. The van der Waals surface area contributed by atoms with Crippen LogP contribution in [-0.4, -0.2) is 48.3 Å². The highest BCUT2D eigenvalue weighted by Gasteiger charge is 2.52. The Balaban J connectivity index is 1.74. The van der Waals surface area contributed by atoms with Crippen molar-refractivity contribution < 1.29 is 14.6 Å². The zero-order valence-corrected chi connectivity index (χ0v) is 10.2. The van der Waals surface area contributed by atoms with Gasteiger partial charge >= 0.3 is 0 Å². The van der Waals surface area contributed by atoms with E-state index in [1.165, 1.54) is 0 Å². The van der Waals surface area contributed by atoms with Crippen molar-refractivity contribution in [3.8, 4) is 0 Å². The third kappa shape index (κ3) is 1.69. The second kappa shape index (κ2) is 4.25. The number of carbonyl (C=O) groups is 1. The second-order valence-electron chi connectivity index (χ2n) is 5.77. The van der Waals surface area contributed by atoms with Crippen molar-refractivity contribution in [3.05, 3.63) is 0 Å². The molecule has 2 aliphatic heterocycles. The first-order chi connectivity index (χ1) is 8.27. The van der Waals surface area contributed by atoms with E-state index in [1.807, 2.05) is 4.90 Å². The zero-order chi connectivity index (χ0) is 11.9. The Morgan fingerprint density at radius 3 is 3.00 bits per heavy atom. The highest BCUT2D eigenvalue weighted by Crippen LogP contribution is 2.48. The van der Waals surface area contributed by atoms with E-state index in [0.717, 1.165) is 45.3 Å². The molecule has 3 atom stereocenters. The predicted molar refractivity (Wildman–Crippen MR) is 62.4 cm³/mol. The van der Waals surface area contributed by atoms with E-state index in [9.17, 15) is 9.90 Å². The van der Waals surface area contributed by atoms with Crippen molar-refractivity contribution in [2.75, 3.05) is 26.4 Å². The molecule has 0 aromatic rings. The minimum absolute atomic E-state index is 0.0229. The monoisotopic (exact) mass is 239 g/mol. The van der Waals surface area contributed by atoms with Crippen molar-refractivity contribution in [1.29, 1.82) is 0 Å². The van der Waals surface area contributed by atoms with Gasteiger partial charge < -0.3 is 14.7 Å². The van der Waals surface area contributed by atoms with E-state index >= 15 is 0 Å². The molecule has 0 spiro atoms. The van der Waals surface area contributed by atoms with E-state index in [4.69, 9.17) is 4.74 Å². The summed E-state index contributed by atoms with van der Waals surface area (Å²) < 4.78 is 5.30. The molecule has 1 N–H and O–H groups in total. The van der Waals surface area contributed by atoms with Crippen LogP contribution in [0.25, 0.3) is 0 Å². The Labute approximate surface area is 102 Å². The number of nitrogens with zero attached hydrogens (tertiary/aromatic N) is 1. The Bertz CT molecular complexity index is 314. The van der Waals surface area contributed by atoms with Gasteiger partial charge in [0.05, 0.1) is 19.1 Å². The molecule has 3 unspecified atom stereocenters. The molecule has 0 radical (unpaired) electrons. The fraction of sp³-hybridized carbons (Fsp3) is 0.923. The average Bonchev–Trinajstić information content (AvgIpc) is 3.04. The first kappa shape index (κ1) is 11.5. The normalized spacial score (nSPS) is 40.9. The zero-order valence-electron chi connectivity index (χ0n) is 10.2. The molecule has 2 heterocycles. The largest absolute Gasteiger partial charge is 0.396 e. The van der Waals surface area contributed by atoms with Gasteiger partial charge in [-0.15, -0.1) is 0 Å². The Morgan fingerprint density at radius 1 is 1.41 bits per heavy atom. The molecule has 17 heavy (non-hydrogen) atoms. The predicted octanol–water partition coefficient (Wildman–Crippen LogP) is 0.786. The van der Waals surface area contributed by atoms with Gasteiger partial charge in [-0.2, -0.15) is 0 Å². The fourth-order valence-corrected chi connectivity index (χ4v) is 3.89. The second-order valence-corrected chi connectivity index (χ2v) is 5.77. The van der Waals surface area contributed by atoms with E-state index in [2.05, 4.69) is 0 Å². The van der Waals surface area contributed by atoms with Crippen LogP contribution in [0.15, 0.2) is 0 Å². The summed E-state index contributed by atoms with van der Waals surface area (Å²) in [5, 5.41) is 9.63. The summed E-state index contributed by atoms with van der Waals surface area (Å²) in [5.41, 5.74) is 0.0229. The third-order valence-corrected chi connectivity index (χ3v) is 4.96. The average molecular weight is 239 g/mol. The number of aliphatic hydroxyl groups is 1. The molecular formula is C13H21NO3. The molecule has 1 aliphatic carbocycles. The molecule has 3 rings (SSSR count). The lowest BCUT2D eigenvalue weighted by Gasteiger charge is -2.31. The van der Waals surface area contributed by atoms with Crippen LogP contribution in [0, 0.1) is 11.3 Å². The molecule has 4 heteroatoms. The molecule has 4 nitrogen and oxygen atoms in total. The van der Waals surface area contributed by atoms with Gasteiger partial charge in [-0.05, 0) is 25.7 Å². The summed E-state index contributed by atoms with van der Waals surface area (Å²) in [6.45, 7) is 2.39. The van der Waals surface area contributed by atoms with Crippen molar-refractivity contribution in [1.82, 2.24) is 4.90 Å². The first-order valence-corrected chi connectivity index (χ1v) is 6.76. The minimum atomic E-state index is 0.0229. The number of amides is 1. The molecule has 0 aromatic carbocycles. The standard InChI is InChI=1S/C13H21NO3/c15-9-13-4-1-2-11(13)14(6-5-13)12(16)10-3-7-17-8-10/h10-11,15H,1-9H2. The molecule has 1 amide bonds. The van der Waals surface area contributed by atoms with Gasteiger partial charge in [0, 0.05) is 24.6 Å². The van der Waals surface area contributed by atoms with Crippen LogP contribution < -0.4 is 0 Å². The summed E-state index contributed by atoms with van der Waals surface area (Å²) in [6, 6.07) is 0.292. The van der Waals surface area contributed by atoms with E-state index < -0.39 is 0 Å². The third-order valence-electron chi connectivity index (χ3n) is 4.96. The van der Waals surface area contributed by atoms with E-state index in [-0.39, 0.29) is 23.8 Å². The van der Waals surface area contributed by atoms with Crippen LogP contribution in [0.1, 0.15) is 32.1 Å². The number of rotatable bonds is 2. The first-order valence-electron chi connectivity index (χ1n) is 6.76. The van der Waals surface area contributed by atoms with Crippen molar-refractivity contribution in [2.45, 2.75) is 38.1 Å². The molecule has 1 saturated carbocycles. The molecule has 3 aliphatic rings. The summed E-state index contributed by atoms with van der Waals surface area (Å²) in [4.78, 5) is 14.5. The fourth-order valence-electron chi connectivity index (χ4n) is 3.89. The van der Waals surface area contributed by atoms with Crippen LogP contribution in [0.5, 0.6) is 0 Å². The van der Waals surface area contributed by atoms with Gasteiger partial charge in [0.1, 0.15) is 0 Å². The number of hydrogen-bond donors (Lipinski definition) is 1. The number of aliphatic hydroxyl groups excluding tert-OH is 1. The lowest BCUT2D eigenvalue weighted by atomic mass is 9.83. The highest BCUT2D eigenvalue weighted by molar-refractivity contribution is 5.80. The van der Waals surface area contributed by atoms with Crippen molar-refractivity contribution >= 4 is 5.91 Å². The lowest BCUT2D eigenvalue weighted by Crippen LogP contribution is -2.43. The summed E-state index contributed by atoms with van der Waals surface area (Å²) in [5.74, 6) is 0.342. The maximum atomic E-state index is 12.4. The van der Waals surface area contributed by atoms with Gasteiger partial charge in [0.25, 0.3) is 0 Å². The maximum absolute atomic E-state index is 12.4. The topological polar surface area (TPSA) is 49.8 Å². The van der Waals surface area contributed by atoms with Crippen LogP contribution in [0.2, 0.25) is 0 Å². The summed E-state index contributed by atoms with van der Waals surface area (Å²) >= 11 is 0. The van der Waals surface area contributed by atoms with Crippen LogP contribution in [0.4, 0.5) is 0 Å². The number of carbonyl (C=O) groups excluding carboxylic acids is 1. The van der Waals surface area contributed by atoms with Crippen molar-refractivity contribution in [2.24, 2.45) is 11.3 Å². The smallest absolute Gasteiger partial charge is 0.228 e. The van der Waals surface area contributed by atoms with Crippen LogP contribution in [-0.2, 0) is 9.53 Å². The quantitative estimate of drug-likeness (QED) is 0.775. The van der Waals surface area contributed by atoms with Gasteiger partial charge in [-0.3, -0.25) is 4.79 Å². The van der Waals surface area contributed by atoms with Gasteiger partial charge in [-0.25, -0.2) is 0 Å². The van der Waals surface area contributed by atoms with Crippen molar-refractivity contribution in [3.63, 3.8) is 0 Å². The lowest BCUT2D eigenvalue weighted by molar-refractivity contribution is -0.137. The van der Waals surface area contributed by atoms with Gasteiger partial charge in [-0.1, -0.05) is 6.42 Å². The molecule has 2 saturated heterocycles. The Hall–Kier alpha value is -0.610.